The Balaban J connectivity index is 1.88. The second-order valence-electron chi connectivity index (χ2n) is 4.53. The van der Waals surface area contributed by atoms with Crippen LogP contribution in [0.4, 0.5) is 0 Å². The Bertz CT molecular complexity index is 595. The van der Waals surface area contributed by atoms with Gasteiger partial charge in [0.25, 0.3) is 5.91 Å². The molecule has 0 bridgehead atoms. The van der Waals surface area contributed by atoms with E-state index in [0.717, 1.165) is 11.3 Å². The van der Waals surface area contributed by atoms with Gasteiger partial charge < -0.3 is 14.8 Å². The molecule has 0 fully saturated rings. The number of para-hydroxylation sites is 1. The number of ether oxygens (including phenoxy) is 2. The lowest BCUT2D eigenvalue weighted by molar-refractivity contribution is 0.0930. The summed E-state index contributed by atoms with van der Waals surface area (Å²) in [5, 5.41) is 6.89. The van der Waals surface area contributed by atoms with Crippen molar-refractivity contribution >= 4 is 5.91 Å². The zero-order chi connectivity index (χ0) is 15.1. The second kappa shape index (κ2) is 7.44. The van der Waals surface area contributed by atoms with Crippen molar-refractivity contribution in [1.29, 1.82) is 0 Å². The third-order valence-corrected chi connectivity index (χ3v) is 2.91. The maximum atomic E-state index is 11.8. The van der Waals surface area contributed by atoms with Gasteiger partial charge in [0.1, 0.15) is 11.4 Å². The number of nitrogens with one attached hydrogen (secondary N) is 1. The van der Waals surface area contributed by atoms with Crippen molar-refractivity contribution in [2.24, 2.45) is 0 Å². The molecule has 0 saturated heterocycles. The number of amides is 1. The Morgan fingerprint density at radius 1 is 1.33 bits per heavy atom. The van der Waals surface area contributed by atoms with Crippen molar-refractivity contribution in [2.75, 3.05) is 20.3 Å². The third-order valence-electron chi connectivity index (χ3n) is 2.91. The first-order valence-corrected chi connectivity index (χ1v) is 6.69. The number of aryl methyl sites for hydroxylation is 1. The van der Waals surface area contributed by atoms with Crippen molar-refractivity contribution in [3.8, 4) is 5.75 Å². The summed E-state index contributed by atoms with van der Waals surface area (Å²) < 4.78 is 12.1. The summed E-state index contributed by atoms with van der Waals surface area (Å²) in [6, 6.07) is 9.41. The molecule has 112 valence electrons. The van der Waals surface area contributed by atoms with Crippen LogP contribution in [0.25, 0.3) is 0 Å². The van der Waals surface area contributed by atoms with Crippen LogP contribution in [0.5, 0.6) is 5.75 Å². The summed E-state index contributed by atoms with van der Waals surface area (Å²) in [5.41, 5.74) is 1.42. The van der Waals surface area contributed by atoms with Gasteiger partial charge in [0.2, 0.25) is 0 Å². The van der Waals surface area contributed by atoms with Crippen LogP contribution < -0.4 is 10.1 Å². The molecule has 1 aromatic carbocycles. The molecule has 0 aliphatic carbocycles. The van der Waals surface area contributed by atoms with Crippen LogP contribution in [0.2, 0.25) is 0 Å². The quantitative estimate of drug-likeness (QED) is 0.786. The van der Waals surface area contributed by atoms with Gasteiger partial charge in [-0.25, -0.2) is 4.68 Å². The molecule has 0 aliphatic rings. The Hall–Kier alpha value is -2.34. The molecule has 0 atom stereocenters. The molecule has 2 rings (SSSR count). The molecule has 6 heteroatoms. The number of rotatable bonds is 7. The highest BCUT2D eigenvalue weighted by Gasteiger charge is 2.09. The summed E-state index contributed by atoms with van der Waals surface area (Å²) >= 11 is 0. The normalized spacial score (nSPS) is 10.4. The van der Waals surface area contributed by atoms with Gasteiger partial charge in [0.05, 0.1) is 6.61 Å². The number of hydrogen-bond acceptors (Lipinski definition) is 4. The molecular formula is C15H19N3O3. The topological polar surface area (TPSA) is 65.4 Å². The Labute approximate surface area is 123 Å². The van der Waals surface area contributed by atoms with Gasteiger partial charge in [-0.2, -0.15) is 5.10 Å². The smallest absolute Gasteiger partial charge is 0.271 e. The fourth-order valence-electron chi connectivity index (χ4n) is 1.77. The van der Waals surface area contributed by atoms with Crippen LogP contribution in [-0.4, -0.2) is 35.9 Å². The second-order valence-corrected chi connectivity index (χ2v) is 4.53. The predicted octanol–water partition coefficient (Wildman–Crippen LogP) is 1.60. The Morgan fingerprint density at radius 2 is 2.14 bits per heavy atom. The summed E-state index contributed by atoms with van der Waals surface area (Å²) in [6.07, 6.45) is 1.71. The van der Waals surface area contributed by atoms with Crippen LogP contribution in [0, 0.1) is 6.92 Å². The molecular weight excluding hydrogens is 270 g/mol. The molecule has 0 spiro atoms. The standard InChI is InChI=1S/C15H19N3O3/c1-12-5-3-4-6-14(12)21-11-18-9-7-13(17-18)15(19)16-8-10-20-2/h3-7,9H,8,10-11H2,1-2H3,(H,16,19). The van der Waals surface area contributed by atoms with Crippen LogP contribution in [-0.2, 0) is 11.5 Å². The molecule has 2 aromatic rings. The van der Waals surface area contributed by atoms with Crippen LogP contribution >= 0.6 is 0 Å². The molecule has 0 radical (unpaired) electrons. The van der Waals surface area contributed by atoms with E-state index in [0.29, 0.717) is 18.8 Å². The number of carbonyl (C=O) groups is 1. The van der Waals surface area contributed by atoms with E-state index in [1.54, 1.807) is 24.1 Å². The first-order chi connectivity index (χ1) is 10.2. The third kappa shape index (κ3) is 4.32. The molecule has 0 saturated carbocycles. The average molecular weight is 289 g/mol. The monoisotopic (exact) mass is 289 g/mol. The van der Waals surface area contributed by atoms with E-state index in [-0.39, 0.29) is 12.6 Å². The Morgan fingerprint density at radius 3 is 2.90 bits per heavy atom. The van der Waals surface area contributed by atoms with Gasteiger partial charge in [-0.05, 0) is 24.6 Å². The lowest BCUT2D eigenvalue weighted by Crippen LogP contribution is -2.27. The summed E-state index contributed by atoms with van der Waals surface area (Å²) in [6.45, 7) is 3.17. The number of carbonyl (C=O) groups excluding carboxylic acids is 1. The predicted molar refractivity (Wildman–Crippen MR) is 78.2 cm³/mol. The maximum Gasteiger partial charge on any atom is 0.271 e. The first-order valence-electron chi connectivity index (χ1n) is 6.69. The van der Waals surface area contributed by atoms with Gasteiger partial charge >= 0.3 is 0 Å². The van der Waals surface area contributed by atoms with Gasteiger partial charge in [0, 0.05) is 19.9 Å². The van der Waals surface area contributed by atoms with E-state index in [1.807, 2.05) is 31.2 Å². The first kappa shape index (κ1) is 15.1. The molecule has 0 unspecified atom stereocenters. The highest BCUT2D eigenvalue weighted by molar-refractivity contribution is 5.92. The Kier molecular flexibility index (Phi) is 5.34. The minimum atomic E-state index is -0.221. The van der Waals surface area contributed by atoms with Crippen molar-refractivity contribution in [3.05, 3.63) is 47.8 Å². The van der Waals surface area contributed by atoms with Gasteiger partial charge in [-0.1, -0.05) is 18.2 Å². The van der Waals surface area contributed by atoms with Crippen molar-refractivity contribution < 1.29 is 14.3 Å². The van der Waals surface area contributed by atoms with Crippen LogP contribution in [0.1, 0.15) is 16.1 Å². The fourth-order valence-corrected chi connectivity index (χ4v) is 1.77. The van der Waals surface area contributed by atoms with E-state index >= 15 is 0 Å². The van der Waals surface area contributed by atoms with E-state index in [2.05, 4.69) is 10.4 Å². The van der Waals surface area contributed by atoms with Crippen molar-refractivity contribution in [3.63, 3.8) is 0 Å². The van der Waals surface area contributed by atoms with Gasteiger partial charge in [-0.15, -0.1) is 0 Å². The van der Waals surface area contributed by atoms with E-state index in [4.69, 9.17) is 9.47 Å². The highest BCUT2D eigenvalue weighted by atomic mass is 16.5. The van der Waals surface area contributed by atoms with E-state index in [1.165, 1.54) is 0 Å². The van der Waals surface area contributed by atoms with Gasteiger partial charge in [0.15, 0.2) is 6.73 Å². The van der Waals surface area contributed by atoms with Crippen LogP contribution in [0.15, 0.2) is 36.5 Å². The number of nitrogens with zero attached hydrogens (tertiary/aromatic N) is 2. The molecule has 21 heavy (non-hydrogen) atoms. The maximum absolute atomic E-state index is 11.8. The number of hydrogen-bond donors (Lipinski definition) is 1. The highest BCUT2D eigenvalue weighted by Crippen LogP contribution is 2.16. The summed E-state index contributed by atoms with van der Waals surface area (Å²) in [7, 11) is 1.59. The van der Waals surface area contributed by atoms with Crippen molar-refractivity contribution in [2.45, 2.75) is 13.7 Å². The average Bonchev–Trinajstić information content (AvgIpc) is 2.95. The number of methoxy groups -OCH3 is 1. The SMILES string of the molecule is COCCNC(=O)c1ccn(COc2ccccc2C)n1. The summed E-state index contributed by atoms with van der Waals surface area (Å²) in [5.74, 6) is 0.584. The fraction of sp³-hybridized carbons (Fsp3) is 0.333. The number of aromatic nitrogens is 2. The van der Waals surface area contributed by atoms with Crippen molar-refractivity contribution in [1.82, 2.24) is 15.1 Å². The largest absolute Gasteiger partial charge is 0.471 e. The molecule has 1 N–H and O–H groups in total. The van der Waals surface area contributed by atoms with Crippen LogP contribution in [0.3, 0.4) is 0 Å². The minimum absolute atomic E-state index is 0.221. The zero-order valence-electron chi connectivity index (χ0n) is 12.2. The number of benzene rings is 1. The molecule has 1 heterocycles. The molecule has 6 nitrogen and oxygen atoms in total. The summed E-state index contributed by atoms with van der Waals surface area (Å²) in [4.78, 5) is 11.8. The van der Waals surface area contributed by atoms with Gasteiger partial charge in [-0.3, -0.25) is 4.79 Å². The molecule has 1 amide bonds. The van der Waals surface area contributed by atoms with E-state index in [9.17, 15) is 4.79 Å². The zero-order valence-corrected chi connectivity index (χ0v) is 12.2. The molecule has 0 aliphatic heterocycles. The van der Waals surface area contributed by atoms with E-state index < -0.39 is 0 Å². The molecule has 1 aromatic heterocycles. The lowest BCUT2D eigenvalue weighted by atomic mass is 10.2. The minimum Gasteiger partial charge on any atom is -0.471 e. The lowest BCUT2D eigenvalue weighted by Gasteiger charge is -2.08.